The van der Waals surface area contributed by atoms with Crippen LogP contribution >= 0.6 is 11.3 Å². The van der Waals surface area contributed by atoms with Crippen LogP contribution < -0.4 is 10.8 Å². The van der Waals surface area contributed by atoms with Gasteiger partial charge in [0, 0.05) is 11.1 Å². The Kier molecular flexibility index (Phi) is 4.40. The molecule has 7 heteroatoms. The van der Waals surface area contributed by atoms with Crippen molar-refractivity contribution < 1.29 is 14.8 Å². The molecule has 3 aromatic rings. The molecule has 0 aliphatic heterocycles. The summed E-state index contributed by atoms with van der Waals surface area (Å²) in [7, 11) is 0. The van der Waals surface area contributed by atoms with Crippen molar-refractivity contribution in [2.45, 2.75) is 25.3 Å². The third kappa shape index (κ3) is 3.07. The largest absolute Gasteiger partial charge is 0.345 e. The normalized spacial score (nSPS) is 16.1. The molecule has 1 atom stereocenters. The summed E-state index contributed by atoms with van der Waals surface area (Å²) >= 11 is 1.51. The number of carbonyl (C=O) groups is 2. The number of nitrogens with one attached hydrogen (secondary N) is 2. The fourth-order valence-electron chi connectivity index (χ4n) is 3.41. The van der Waals surface area contributed by atoms with Crippen molar-refractivity contribution in [1.82, 2.24) is 15.8 Å². The monoisotopic (exact) mass is 367 g/mol. The highest BCUT2D eigenvalue weighted by molar-refractivity contribution is 7.16. The molecule has 0 bridgehead atoms. The average Bonchev–Trinajstić information content (AvgIpc) is 3.15. The van der Waals surface area contributed by atoms with Crippen LogP contribution in [0.2, 0.25) is 0 Å². The van der Waals surface area contributed by atoms with E-state index in [1.54, 1.807) is 29.2 Å². The molecule has 1 unspecified atom stereocenters. The summed E-state index contributed by atoms with van der Waals surface area (Å²) in [5, 5.41) is 11.9. The third-order valence-electron chi connectivity index (χ3n) is 4.72. The van der Waals surface area contributed by atoms with Crippen molar-refractivity contribution in [2.24, 2.45) is 0 Å². The highest BCUT2D eigenvalue weighted by Gasteiger charge is 2.23. The van der Waals surface area contributed by atoms with Gasteiger partial charge >= 0.3 is 0 Å². The van der Waals surface area contributed by atoms with E-state index in [-0.39, 0.29) is 11.9 Å². The van der Waals surface area contributed by atoms with Gasteiger partial charge in [-0.05, 0) is 60.7 Å². The number of hydrogen-bond donors (Lipinski definition) is 3. The summed E-state index contributed by atoms with van der Waals surface area (Å²) in [5.74, 6) is -0.646. The van der Waals surface area contributed by atoms with Crippen LogP contribution in [0.4, 0.5) is 0 Å². The Balaban J connectivity index is 1.57. The van der Waals surface area contributed by atoms with Gasteiger partial charge in [0.1, 0.15) is 0 Å². The van der Waals surface area contributed by atoms with Gasteiger partial charge in [0.05, 0.1) is 21.8 Å². The molecule has 132 valence electrons. The van der Waals surface area contributed by atoms with Crippen LogP contribution in [0.25, 0.3) is 10.2 Å². The van der Waals surface area contributed by atoms with Crippen molar-refractivity contribution in [3.05, 3.63) is 64.2 Å². The number of aromatic nitrogens is 1. The van der Waals surface area contributed by atoms with E-state index in [0.29, 0.717) is 11.1 Å². The maximum Gasteiger partial charge on any atom is 0.274 e. The van der Waals surface area contributed by atoms with Crippen LogP contribution in [0.1, 0.15) is 50.7 Å². The smallest absolute Gasteiger partial charge is 0.274 e. The molecule has 0 saturated heterocycles. The molecular formula is C19H17N3O3S. The van der Waals surface area contributed by atoms with Crippen molar-refractivity contribution in [3.63, 3.8) is 0 Å². The minimum Gasteiger partial charge on any atom is -0.345 e. The molecule has 0 radical (unpaired) electrons. The first-order valence-corrected chi connectivity index (χ1v) is 9.25. The van der Waals surface area contributed by atoms with Crippen molar-refractivity contribution in [1.29, 1.82) is 0 Å². The minimum absolute atomic E-state index is 0.0883. The molecule has 2 amide bonds. The molecule has 26 heavy (non-hydrogen) atoms. The number of aryl methyl sites for hydroxylation is 1. The quantitative estimate of drug-likeness (QED) is 0.490. The zero-order valence-corrected chi connectivity index (χ0v) is 14.7. The maximum atomic E-state index is 12.7. The summed E-state index contributed by atoms with van der Waals surface area (Å²) in [6.07, 6.45) is 2.63. The van der Waals surface area contributed by atoms with E-state index in [0.717, 1.165) is 40.6 Å². The summed E-state index contributed by atoms with van der Waals surface area (Å²) in [5.41, 5.74) is 7.39. The lowest BCUT2D eigenvalue weighted by Crippen LogP contribution is -2.31. The van der Waals surface area contributed by atoms with E-state index in [4.69, 9.17) is 5.21 Å². The molecule has 1 aromatic heterocycles. The van der Waals surface area contributed by atoms with E-state index < -0.39 is 5.91 Å². The Bertz CT molecular complexity index is 999. The molecule has 0 spiro atoms. The van der Waals surface area contributed by atoms with Gasteiger partial charge < -0.3 is 5.32 Å². The van der Waals surface area contributed by atoms with Gasteiger partial charge in [-0.1, -0.05) is 6.07 Å². The van der Waals surface area contributed by atoms with Crippen molar-refractivity contribution in [3.8, 4) is 0 Å². The number of fused-ring (bicyclic) bond motifs is 2. The summed E-state index contributed by atoms with van der Waals surface area (Å²) in [6, 6.07) is 10.7. The fourth-order valence-corrected chi connectivity index (χ4v) is 4.12. The number of carbonyl (C=O) groups excluding carboxylic acids is 2. The van der Waals surface area contributed by atoms with Gasteiger partial charge in [0.15, 0.2) is 0 Å². The first kappa shape index (κ1) is 16.7. The van der Waals surface area contributed by atoms with Gasteiger partial charge in [-0.25, -0.2) is 10.5 Å². The lowest BCUT2D eigenvalue weighted by molar-refractivity contribution is 0.0706. The van der Waals surface area contributed by atoms with E-state index >= 15 is 0 Å². The maximum absolute atomic E-state index is 12.7. The van der Waals surface area contributed by atoms with Crippen molar-refractivity contribution in [2.75, 3.05) is 0 Å². The highest BCUT2D eigenvalue weighted by Crippen LogP contribution is 2.31. The van der Waals surface area contributed by atoms with Gasteiger partial charge in [0.2, 0.25) is 0 Å². The average molecular weight is 367 g/mol. The van der Waals surface area contributed by atoms with Crippen LogP contribution in [0.15, 0.2) is 41.9 Å². The Morgan fingerprint density at radius 1 is 1.12 bits per heavy atom. The second-order valence-electron chi connectivity index (χ2n) is 6.31. The third-order valence-corrected chi connectivity index (χ3v) is 5.51. The predicted octanol–water partition coefficient (Wildman–Crippen LogP) is 3.22. The number of benzene rings is 2. The lowest BCUT2D eigenvalue weighted by atomic mass is 9.86. The standard InChI is InChI=1S/C19H17N3O3S/c23-18(13-5-7-16-17(9-13)26-10-20-16)21-15-3-1-2-11-8-12(19(24)22-25)4-6-14(11)15/h4-10,15,25H,1-3H2,(H,21,23)(H,22,24). The molecule has 0 saturated carbocycles. The second kappa shape index (κ2) is 6.86. The Morgan fingerprint density at radius 2 is 1.92 bits per heavy atom. The number of hydroxylamine groups is 1. The molecule has 1 aliphatic rings. The molecule has 1 heterocycles. The molecule has 0 fully saturated rings. The van der Waals surface area contributed by atoms with Gasteiger partial charge in [-0.2, -0.15) is 0 Å². The molecule has 2 aromatic carbocycles. The van der Waals surface area contributed by atoms with Crippen LogP contribution in [-0.2, 0) is 6.42 Å². The SMILES string of the molecule is O=C(NO)c1ccc2c(c1)CCCC2NC(=O)c1ccc2ncsc2c1. The number of hydrogen-bond acceptors (Lipinski definition) is 5. The van der Waals surface area contributed by atoms with E-state index in [1.165, 1.54) is 11.3 Å². The minimum atomic E-state index is -0.531. The van der Waals surface area contributed by atoms with Crippen LogP contribution in [0.3, 0.4) is 0 Å². The first-order valence-electron chi connectivity index (χ1n) is 8.37. The van der Waals surface area contributed by atoms with Crippen LogP contribution in [0, 0.1) is 0 Å². The number of amides is 2. The van der Waals surface area contributed by atoms with Gasteiger partial charge in [0.25, 0.3) is 11.8 Å². The lowest BCUT2D eigenvalue weighted by Gasteiger charge is -2.27. The van der Waals surface area contributed by atoms with Crippen LogP contribution in [0.5, 0.6) is 0 Å². The predicted molar refractivity (Wildman–Crippen MR) is 98.5 cm³/mol. The Labute approximate surface area is 153 Å². The zero-order chi connectivity index (χ0) is 18.1. The van der Waals surface area contributed by atoms with Crippen LogP contribution in [-0.4, -0.2) is 22.0 Å². The van der Waals surface area contributed by atoms with E-state index in [2.05, 4.69) is 10.3 Å². The van der Waals surface area contributed by atoms with E-state index in [1.807, 2.05) is 18.2 Å². The summed E-state index contributed by atoms with van der Waals surface area (Å²) in [6.45, 7) is 0. The zero-order valence-electron chi connectivity index (χ0n) is 13.9. The van der Waals surface area contributed by atoms with Gasteiger partial charge in [-0.15, -0.1) is 11.3 Å². The molecule has 4 rings (SSSR count). The molecular weight excluding hydrogens is 350 g/mol. The summed E-state index contributed by atoms with van der Waals surface area (Å²) in [4.78, 5) is 28.5. The van der Waals surface area contributed by atoms with Crippen molar-refractivity contribution >= 4 is 33.4 Å². The molecule has 3 N–H and O–H groups in total. The Morgan fingerprint density at radius 3 is 2.77 bits per heavy atom. The number of rotatable bonds is 3. The van der Waals surface area contributed by atoms with Gasteiger partial charge in [-0.3, -0.25) is 14.8 Å². The fraction of sp³-hybridized carbons (Fsp3) is 0.211. The molecule has 1 aliphatic carbocycles. The first-order chi connectivity index (χ1) is 12.7. The number of thiazole rings is 1. The summed E-state index contributed by atoms with van der Waals surface area (Å²) < 4.78 is 0.987. The highest BCUT2D eigenvalue weighted by atomic mass is 32.1. The second-order valence-corrected chi connectivity index (χ2v) is 7.19. The molecule has 6 nitrogen and oxygen atoms in total. The number of nitrogens with zero attached hydrogens (tertiary/aromatic N) is 1. The topological polar surface area (TPSA) is 91.3 Å². The van der Waals surface area contributed by atoms with E-state index in [9.17, 15) is 9.59 Å². The Hall–Kier alpha value is -2.77.